The second kappa shape index (κ2) is 9.22. The van der Waals surface area contributed by atoms with Crippen LogP contribution < -0.4 is 5.32 Å². The summed E-state index contributed by atoms with van der Waals surface area (Å²) in [6.07, 6.45) is 1.30. The highest BCUT2D eigenvalue weighted by Crippen LogP contribution is 2.30. The Kier molecular flexibility index (Phi) is 6.47. The number of carbonyl (C=O) groups excluding carboxylic acids is 1. The van der Waals surface area contributed by atoms with Gasteiger partial charge in [0.05, 0.1) is 5.56 Å². The van der Waals surface area contributed by atoms with Crippen LogP contribution in [0.5, 0.6) is 5.75 Å². The molecule has 0 heterocycles. The number of aryl methyl sites for hydroxylation is 2. The summed E-state index contributed by atoms with van der Waals surface area (Å²) in [4.78, 5) is 23.1. The maximum absolute atomic E-state index is 13.6. The molecular formula is C24H22FNO4. The number of benzene rings is 3. The molecule has 0 aliphatic rings. The summed E-state index contributed by atoms with van der Waals surface area (Å²) in [5.74, 6) is -1.85. The smallest absolute Gasteiger partial charge is 0.303 e. The van der Waals surface area contributed by atoms with Gasteiger partial charge in [0.25, 0.3) is 5.91 Å². The average molecular weight is 407 g/mol. The second-order valence-electron chi connectivity index (χ2n) is 7.09. The molecule has 154 valence electrons. The number of hydrogen-bond acceptors (Lipinski definition) is 3. The Labute approximate surface area is 173 Å². The highest BCUT2D eigenvalue weighted by molar-refractivity contribution is 6.06. The Morgan fingerprint density at radius 2 is 1.73 bits per heavy atom. The van der Waals surface area contributed by atoms with E-state index in [0.717, 1.165) is 11.1 Å². The Morgan fingerprint density at radius 3 is 2.40 bits per heavy atom. The number of carboxylic acid groups (broad SMARTS) is 1. The number of phenolic OH excluding ortho intramolecular Hbond substituents is 1. The van der Waals surface area contributed by atoms with Gasteiger partial charge in [0.2, 0.25) is 0 Å². The molecule has 1 amide bonds. The van der Waals surface area contributed by atoms with E-state index in [1.165, 1.54) is 24.3 Å². The SMILES string of the molecule is Cc1ccc(F)cc1-c1ccc(C(=O)Nc2ccc(CCCC(=O)O)cc2)c(O)c1. The zero-order chi connectivity index (χ0) is 21.7. The van der Waals surface area contributed by atoms with Crippen LogP contribution in [0.1, 0.15) is 34.3 Å². The molecule has 0 radical (unpaired) electrons. The number of rotatable bonds is 7. The predicted octanol–water partition coefficient (Wildman–Crippen LogP) is 5.17. The normalized spacial score (nSPS) is 10.6. The number of phenols is 1. The van der Waals surface area contributed by atoms with Gasteiger partial charge < -0.3 is 15.5 Å². The van der Waals surface area contributed by atoms with Crippen LogP contribution in [0.3, 0.4) is 0 Å². The van der Waals surface area contributed by atoms with E-state index in [2.05, 4.69) is 5.32 Å². The molecule has 5 nitrogen and oxygen atoms in total. The molecule has 3 N–H and O–H groups in total. The first-order valence-corrected chi connectivity index (χ1v) is 9.55. The number of aromatic hydroxyl groups is 1. The number of aliphatic carboxylic acids is 1. The lowest BCUT2D eigenvalue weighted by molar-refractivity contribution is -0.137. The first-order valence-electron chi connectivity index (χ1n) is 9.55. The third-order valence-electron chi connectivity index (χ3n) is 4.82. The lowest BCUT2D eigenvalue weighted by Gasteiger charge is -2.11. The highest BCUT2D eigenvalue weighted by Gasteiger charge is 2.14. The number of amides is 1. The third kappa shape index (κ3) is 5.23. The Hall–Kier alpha value is -3.67. The van der Waals surface area contributed by atoms with E-state index in [1.54, 1.807) is 24.3 Å². The first-order chi connectivity index (χ1) is 14.3. The van der Waals surface area contributed by atoms with Crippen LogP contribution in [-0.4, -0.2) is 22.1 Å². The summed E-state index contributed by atoms with van der Waals surface area (Å²) in [7, 11) is 0. The van der Waals surface area contributed by atoms with Crippen molar-refractivity contribution in [2.75, 3.05) is 5.32 Å². The Morgan fingerprint density at radius 1 is 1.00 bits per heavy atom. The molecule has 0 aliphatic heterocycles. The van der Waals surface area contributed by atoms with Crippen molar-refractivity contribution in [2.24, 2.45) is 0 Å². The van der Waals surface area contributed by atoms with Crippen molar-refractivity contribution in [3.8, 4) is 16.9 Å². The molecule has 3 aromatic carbocycles. The molecule has 0 saturated carbocycles. The third-order valence-corrected chi connectivity index (χ3v) is 4.82. The first kappa shape index (κ1) is 21.0. The van der Waals surface area contributed by atoms with Gasteiger partial charge in [0, 0.05) is 12.1 Å². The monoisotopic (exact) mass is 407 g/mol. The lowest BCUT2D eigenvalue weighted by Crippen LogP contribution is -2.12. The van der Waals surface area contributed by atoms with Crippen LogP contribution in [0.25, 0.3) is 11.1 Å². The molecule has 0 atom stereocenters. The van der Waals surface area contributed by atoms with Gasteiger partial charge in [-0.1, -0.05) is 24.3 Å². The lowest BCUT2D eigenvalue weighted by atomic mass is 9.98. The minimum absolute atomic E-state index is 0.110. The van der Waals surface area contributed by atoms with E-state index < -0.39 is 11.9 Å². The minimum Gasteiger partial charge on any atom is -0.507 e. The molecule has 0 bridgehead atoms. The van der Waals surface area contributed by atoms with Crippen molar-refractivity contribution in [2.45, 2.75) is 26.2 Å². The van der Waals surface area contributed by atoms with Crippen LogP contribution in [0.2, 0.25) is 0 Å². The number of carbonyl (C=O) groups is 2. The van der Waals surface area contributed by atoms with Crippen LogP contribution in [0, 0.1) is 12.7 Å². The van der Waals surface area contributed by atoms with E-state index in [4.69, 9.17) is 5.11 Å². The van der Waals surface area contributed by atoms with Crippen LogP contribution in [0.15, 0.2) is 60.7 Å². The Balaban J connectivity index is 1.70. The van der Waals surface area contributed by atoms with Gasteiger partial charge in [-0.15, -0.1) is 0 Å². The summed E-state index contributed by atoms with van der Waals surface area (Å²) < 4.78 is 13.6. The van der Waals surface area contributed by atoms with Crippen LogP contribution >= 0.6 is 0 Å². The van der Waals surface area contributed by atoms with E-state index in [1.807, 2.05) is 19.1 Å². The van der Waals surface area contributed by atoms with Crippen molar-refractivity contribution in [3.63, 3.8) is 0 Å². The zero-order valence-electron chi connectivity index (χ0n) is 16.5. The topological polar surface area (TPSA) is 86.6 Å². The molecule has 0 aliphatic carbocycles. The molecular weight excluding hydrogens is 385 g/mol. The predicted molar refractivity (Wildman–Crippen MR) is 113 cm³/mol. The van der Waals surface area contributed by atoms with Gasteiger partial charge >= 0.3 is 5.97 Å². The maximum Gasteiger partial charge on any atom is 0.303 e. The molecule has 6 heteroatoms. The molecule has 0 aromatic heterocycles. The van der Waals surface area contributed by atoms with Gasteiger partial charge in [-0.3, -0.25) is 9.59 Å². The van der Waals surface area contributed by atoms with Gasteiger partial charge in [-0.05, 0) is 78.4 Å². The summed E-state index contributed by atoms with van der Waals surface area (Å²) in [5.41, 5.74) is 3.77. The fourth-order valence-corrected chi connectivity index (χ4v) is 3.19. The van der Waals surface area contributed by atoms with Crippen molar-refractivity contribution in [1.29, 1.82) is 0 Å². The molecule has 30 heavy (non-hydrogen) atoms. The quantitative estimate of drug-likeness (QED) is 0.504. The number of nitrogens with one attached hydrogen (secondary N) is 1. The molecule has 3 rings (SSSR count). The summed E-state index contributed by atoms with van der Waals surface area (Å²) in [6, 6.07) is 16.2. The molecule has 0 unspecified atom stereocenters. The van der Waals surface area contributed by atoms with Gasteiger partial charge in [-0.25, -0.2) is 4.39 Å². The van der Waals surface area contributed by atoms with Crippen molar-refractivity contribution >= 4 is 17.6 Å². The van der Waals surface area contributed by atoms with Crippen molar-refractivity contribution in [1.82, 2.24) is 0 Å². The highest BCUT2D eigenvalue weighted by atomic mass is 19.1. The number of carboxylic acids is 1. The van der Waals surface area contributed by atoms with E-state index in [9.17, 15) is 19.1 Å². The number of halogens is 1. The van der Waals surface area contributed by atoms with E-state index in [-0.39, 0.29) is 23.6 Å². The summed E-state index contributed by atoms with van der Waals surface area (Å²) in [5, 5.41) is 21.8. The van der Waals surface area contributed by atoms with Crippen molar-refractivity contribution in [3.05, 3.63) is 83.2 Å². The maximum atomic E-state index is 13.6. The largest absolute Gasteiger partial charge is 0.507 e. The fourth-order valence-electron chi connectivity index (χ4n) is 3.19. The second-order valence-corrected chi connectivity index (χ2v) is 7.09. The average Bonchev–Trinajstić information content (AvgIpc) is 2.70. The van der Waals surface area contributed by atoms with Crippen molar-refractivity contribution < 1.29 is 24.2 Å². The van der Waals surface area contributed by atoms with Gasteiger partial charge in [-0.2, -0.15) is 0 Å². The number of anilines is 1. The van der Waals surface area contributed by atoms with Crippen LogP contribution in [-0.2, 0) is 11.2 Å². The molecule has 0 saturated heterocycles. The van der Waals surface area contributed by atoms with E-state index in [0.29, 0.717) is 29.7 Å². The number of hydrogen-bond donors (Lipinski definition) is 3. The summed E-state index contributed by atoms with van der Waals surface area (Å²) >= 11 is 0. The molecule has 3 aromatic rings. The standard InChI is InChI=1S/C24H22FNO4/c1-15-5-9-18(25)14-21(15)17-8-12-20(22(27)13-17)24(30)26-19-10-6-16(7-11-19)3-2-4-23(28)29/h5-14,27H,2-4H2,1H3,(H,26,30)(H,28,29). The Bertz CT molecular complexity index is 1080. The van der Waals surface area contributed by atoms with Gasteiger partial charge in [0.1, 0.15) is 11.6 Å². The summed E-state index contributed by atoms with van der Waals surface area (Å²) in [6.45, 7) is 1.85. The molecule has 0 fully saturated rings. The fraction of sp³-hybridized carbons (Fsp3) is 0.167. The molecule has 0 spiro atoms. The zero-order valence-corrected chi connectivity index (χ0v) is 16.5. The van der Waals surface area contributed by atoms with Crippen LogP contribution in [0.4, 0.5) is 10.1 Å². The minimum atomic E-state index is -0.822. The van der Waals surface area contributed by atoms with Gasteiger partial charge in [0.15, 0.2) is 0 Å². The van der Waals surface area contributed by atoms with E-state index >= 15 is 0 Å².